The number of carbonyl (C=O) groups excluding carboxylic acids is 1. The average molecular weight is 464 g/mol. The van der Waals surface area contributed by atoms with Gasteiger partial charge in [-0.25, -0.2) is 9.97 Å². The smallest absolute Gasteiger partial charge is 0.225 e. The monoisotopic (exact) mass is 463 g/mol. The Morgan fingerprint density at radius 1 is 0.829 bits per heavy atom. The third-order valence-electron chi connectivity index (χ3n) is 6.48. The quantitative estimate of drug-likeness (QED) is 0.352. The number of rotatable bonds is 8. The van der Waals surface area contributed by atoms with Gasteiger partial charge in [-0.1, -0.05) is 60.7 Å². The van der Waals surface area contributed by atoms with Crippen LogP contribution in [0.25, 0.3) is 11.3 Å². The second kappa shape index (κ2) is 10.5. The van der Waals surface area contributed by atoms with Crippen molar-refractivity contribution in [1.82, 2.24) is 9.97 Å². The number of aromatic nitrogens is 2. The summed E-state index contributed by atoms with van der Waals surface area (Å²) in [5, 5.41) is 13.0. The summed E-state index contributed by atoms with van der Waals surface area (Å²) >= 11 is 0. The number of aromatic hydroxyl groups is 1. The lowest BCUT2D eigenvalue weighted by molar-refractivity contribution is -0.116. The summed E-state index contributed by atoms with van der Waals surface area (Å²) in [7, 11) is 0. The van der Waals surface area contributed by atoms with E-state index in [1.165, 1.54) is 11.1 Å². The highest BCUT2D eigenvalue weighted by Gasteiger charge is 2.22. The number of aryl methyl sites for hydroxylation is 5. The van der Waals surface area contributed by atoms with Crippen LogP contribution in [-0.4, -0.2) is 21.0 Å². The van der Waals surface area contributed by atoms with Crippen LogP contribution >= 0.6 is 0 Å². The third kappa shape index (κ3) is 5.57. The molecule has 4 aromatic rings. The molecule has 0 aliphatic heterocycles. The predicted octanol–water partition coefficient (Wildman–Crippen LogP) is 5.69. The van der Waals surface area contributed by atoms with Gasteiger partial charge in [-0.2, -0.15) is 0 Å². The van der Waals surface area contributed by atoms with Gasteiger partial charge in [0, 0.05) is 12.0 Å². The van der Waals surface area contributed by atoms with Crippen molar-refractivity contribution in [3.05, 3.63) is 107 Å². The summed E-state index contributed by atoms with van der Waals surface area (Å²) < 4.78 is 0. The van der Waals surface area contributed by atoms with Gasteiger partial charge in [0.25, 0.3) is 0 Å². The summed E-state index contributed by atoms with van der Waals surface area (Å²) in [6.07, 6.45) is 5.10. The molecule has 0 unspecified atom stereocenters. The van der Waals surface area contributed by atoms with Crippen LogP contribution in [0, 0.1) is 0 Å². The van der Waals surface area contributed by atoms with Gasteiger partial charge in [-0.05, 0) is 73.4 Å². The predicted molar refractivity (Wildman–Crippen MR) is 138 cm³/mol. The molecule has 1 heterocycles. The highest BCUT2D eigenvalue weighted by molar-refractivity contribution is 5.90. The average Bonchev–Trinajstić information content (AvgIpc) is 2.88. The van der Waals surface area contributed by atoms with Crippen LogP contribution in [0.1, 0.15) is 40.9 Å². The van der Waals surface area contributed by atoms with Gasteiger partial charge in [0.05, 0.1) is 17.1 Å². The summed E-state index contributed by atoms with van der Waals surface area (Å²) in [5.41, 5.74) is 7.10. The van der Waals surface area contributed by atoms with Gasteiger partial charge in [0.2, 0.25) is 5.91 Å². The fourth-order valence-corrected chi connectivity index (χ4v) is 4.64. The maximum Gasteiger partial charge on any atom is 0.225 e. The molecule has 0 atom stereocenters. The first-order valence-electron chi connectivity index (χ1n) is 12.3. The number of nitrogens with zero attached hydrogens (tertiary/aromatic N) is 2. The minimum absolute atomic E-state index is 0.0303. The van der Waals surface area contributed by atoms with E-state index in [0.29, 0.717) is 18.7 Å². The fourth-order valence-electron chi connectivity index (χ4n) is 4.64. The van der Waals surface area contributed by atoms with Gasteiger partial charge in [0.1, 0.15) is 5.75 Å². The molecule has 5 heteroatoms. The SMILES string of the molecule is O=C(CCCc1ccccc1)Nc1nc2c(nc1CCc1ccccc1)-c1ccc(O)cc1CC2. The van der Waals surface area contributed by atoms with Gasteiger partial charge in [-0.3, -0.25) is 4.79 Å². The second-order valence-electron chi connectivity index (χ2n) is 9.03. The largest absolute Gasteiger partial charge is 0.508 e. The summed E-state index contributed by atoms with van der Waals surface area (Å²) in [4.78, 5) is 22.7. The molecule has 0 spiro atoms. The molecule has 5 nitrogen and oxygen atoms in total. The molecule has 2 N–H and O–H groups in total. The Hall–Kier alpha value is -3.99. The van der Waals surface area contributed by atoms with Crippen molar-refractivity contribution < 1.29 is 9.90 Å². The van der Waals surface area contributed by atoms with E-state index in [1.54, 1.807) is 6.07 Å². The van der Waals surface area contributed by atoms with Crippen molar-refractivity contribution in [2.24, 2.45) is 0 Å². The Balaban J connectivity index is 1.37. The van der Waals surface area contributed by atoms with Crippen LogP contribution in [0.2, 0.25) is 0 Å². The van der Waals surface area contributed by atoms with Crippen molar-refractivity contribution in [3.8, 4) is 17.0 Å². The number of fused-ring (bicyclic) bond motifs is 3. The Labute approximate surface area is 205 Å². The third-order valence-corrected chi connectivity index (χ3v) is 6.48. The summed E-state index contributed by atoms with van der Waals surface area (Å²) in [6, 6.07) is 25.9. The minimum Gasteiger partial charge on any atom is -0.508 e. The van der Waals surface area contributed by atoms with Crippen molar-refractivity contribution in [1.29, 1.82) is 0 Å². The zero-order valence-corrected chi connectivity index (χ0v) is 19.7. The molecule has 0 saturated heterocycles. The van der Waals surface area contributed by atoms with E-state index in [4.69, 9.17) is 9.97 Å². The molecule has 0 saturated carbocycles. The number of benzene rings is 3. The van der Waals surface area contributed by atoms with E-state index in [2.05, 4.69) is 29.6 Å². The standard InChI is InChI=1S/C30H29N3O2/c34-24-16-17-25-23(20-24)15-19-26-29(25)31-27(18-14-22-10-5-2-6-11-22)30(32-26)33-28(35)13-7-12-21-8-3-1-4-9-21/h1-6,8-11,16-17,20,34H,7,12-15,18-19H2,(H,32,33,35). The fraction of sp³-hybridized carbons (Fsp3) is 0.233. The van der Waals surface area contributed by atoms with Gasteiger partial charge in [0.15, 0.2) is 5.82 Å². The van der Waals surface area contributed by atoms with Crippen molar-refractivity contribution >= 4 is 11.7 Å². The van der Waals surface area contributed by atoms with E-state index in [0.717, 1.165) is 60.3 Å². The molecule has 35 heavy (non-hydrogen) atoms. The Bertz CT molecular complexity index is 1320. The molecule has 1 aliphatic rings. The first-order chi connectivity index (χ1) is 17.2. The maximum absolute atomic E-state index is 12.8. The molecule has 3 aromatic carbocycles. The van der Waals surface area contributed by atoms with Crippen LogP contribution in [0.4, 0.5) is 5.82 Å². The molecular weight excluding hydrogens is 434 g/mol. The molecule has 5 rings (SSSR count). The number of hydrogen-bond acceptors (Lipinski definition) is 4. The van der Waals surface area contributed by atoms with Gasteiger partial charge >= 0.3 is 0 Å². The van der Waals surface area contributed by atoms with Crippen molar-refractivity contribution in [2.45, 2.75) is 44.9 Å². The van der Waals surface area contributed by atoms with Crippen LogP contribution in [0.3, 0.4) is 0 Å². The van der Waals surface area contributed by atoms with Gasteiger partial charge < -0.3 is 10.4 Å². The highest BCUT2D eigenvalue weighted by Crippen LogP contribution is 2.34. The zero-order chi connectivity index (χ0) is 24.0. The molecule has 176 valence electrons. The zero-order valence-electron chi connectivity index (χ0n) is 19.7. The van der Waals surface area contributed by atoms with E-state index in [-0.39, 0.29) is 11.7 Å². The van der Waals surface area contributed by atoms with Crippen LogP contribution in [0.5, 0.6) is 5.75 Å². The molecular formula is C30H29N3O2. The van der Waals surface area contributed by atoms with Crippen LogP contribution in [0.15, 0.2) is 78.9 Å². The lowest BCUT2D eigenvalue weighted by atomic mass is 9.91. The van der Waals surface area contributed by atoms with E-state index < -0.39 is 0 Å². The number of phenolic OH excluding ortho intramolecular Hbond substituents is 1. The topological polar surface area (TPSA) is 75.1 Å². The first kappa shape index (κ1) is 22.8. The number of phenols is 1. The maximum atomic E-state index is 12.8. The minimum atomic E-state index is -0.0303. The number of nitrogens with one attached hydrogen (secondary N) is 1. The first-order valence-corrected chi connectivity index (χ1v) is 12.3. The van der Waals surface area contributed by atoms with Crippen LogP contribution in [-0.2, 0) is 36.9 Å². The number of amides is 1. The molecule has 1 amide bonds. The van der Waals surface area contributed by atoms with Crippen LogP contribution < -0.4 is 5.32 Å². The lowest BCUT2D eigenvalue weighted by Gasteiger charge is -2.21. The van der Waals surface area contributed by atoms with Gasteiger partial charge in [-0.15, -0.1) is 0 Å². The van der Waals surface area contributed by atoms with Crippen molar-refractivity contribution in [2.75, 3.05) is 5.32 Å². The summed E-state index contributed by atoms with van der Waals surface area (Å²) in [5.74, 6) is 0.813. The normalized spacial score (nSPS) is 12.0. The molecule has 0 radical (unpaired) electrons. The molecule has 0 bridgehead atoms. The number of anilines is 1. The Morgan fingerprint density at radius 2 is 1.54 bits per heavy atom. The molecule has 1 aromatic heterocycles. The van der Waals surface area contributed by atoms with Crippen molar-refractivity contribution in [3.63, 3.8) is 0 Å². The van der Waals surface area contributed by atoms with E-state index in [9.17, 15) is 9.90 Å². The van der Waals surface area contributed by atoms with E-state index in [1.807, 2.05) is 48.5 Å². The van der Waals surface area contributed by atoms with E-state index >= 15 is 0 Å². The molecule has 0 fully saturated rings. The summed E-state index contributed by atoms with van der Waals surface area (Å²) in [6.45, 7) is 0. The lowest BCUT2D eigenvalue weighted by Crippen LogP contribution is -2.18. The molecule has 1 aliphatic carbocycles. The second-order valence-corrected chi connectivity index (χ2v) is 9.03. The number of hydrogen-bond donors (Lipinski definition) is 2. The Kier molecular flexibility index (Phi) is 6.85. The Morgan fingerprint density at radius 3 is 2.29 bits per heavy atom. The number of carbonyl (C=O) groups is 1. The highest BCUT2D eigenvalue weighted by atomic mass is 16.3.